The van der Waals surface area contributed by atoms with E-state index in [9.17, 15) is 4.39 Å². The SMILES string of the molecule is Fc1ccc(N/N=C/c2ccc(-n3nc(-c4ccccc4)cc3-c3ccccc3)cc2)cc1. The highest BCUT2D eigenvalue weighted by Gasteiger charge is 2.12. The van der Waals surface area contributed by atoms with Crippen LogP contribution in [0.3, 0.4) is 0 Å². The van der Waals surface area contributed by atoms with Crippen LogP contribution in [0.1, 0.15) is 5.56 Å². The molecule has 0 aliphatic heterocycles. The summed E-state index contributed by atoms with van der Waals surface area (Å²) >= 11 is 0. The third-order valence-corrected chi connectivity index (χ3v) is 5.24. The second kappa shape index (κ2) is 9.32. The molecule has 0 aliphatic carbocycles. The lowest BCUT2D eigenvalue weighted by Gasteiger charge is -2.08. The van der Waals surface area contributed by atoms with Gasteiger partial charge in [0.2, 0.25) is 0 Å². The Kier molecular flexibility index (Phi) is 5.76. The Morgan fingerprint density at radius 1 is 0.727 bits per heavy atom. The fourth-order valence-corrected chi connectivity index (χ4v) is 3.55. The number of rotatable bonds is 6. The summed E-state index contributed by atoms with van der Waals surface area (Å²) in [5.41, 5.74) is 9.63. The molecule has 0 saturated heterocycles. The third-order valence-electron chi connectivity index (χ3n) is 5.24. The van der Waals surface area contributed by atoms with Gasteiger partial charge in [-0.05, 0) is 48.0 Å². The molecule has 5 heteroatoms. The van der Waals surface area contributed by atoms with Crippen LogP contribution in [0.5, 0.6) is 0 Å². The van der Waals surface area contributed by atoms with Gasteiger partial charge in [0, 0.05) is 11.1 Å². The first-order chi connectivity index (χ1) is 16.3. The Morgan fingerprint density at radius 3 is 2.03 bits per heavy atom. The highest BCUT2D eigenvalue weighted by atomic mass is 19.1. The molecule has 160 valence electrons. The first kappa shape index (κ1) is 20.4. The molecule has 5 aromatic rings. The van der Waals surface area contributed by atoms with Gasteiger partial charge >= 0.3 is 0 Å². The van der Waals surface area contributed by atoms with E-state index in [2.05, 4.69) is 40.9 Å². The molecule has 5 rings (SSSR count). The lowest BCUT2D eigenvalue weighted by atomic mass is 10.1. The number of hydrazone groups is 1. The number of nitrogens with one attached hydrogen (secondary N) is 1. The summed E-state index contributed by atoms with van der Waals surface area (Å²) in [6, 6.07) is 36.6. The summed E-state index contributed by atoms with van der Waals surface area (Å²) < 4.78 is 15.0. The average molecular weight is 433 g/mol. The molecule has 1 heterocycles. The van der Waals surface area contributed by atoms with Crippen LogP contribution in [-0.4, -0.2) is 16.0 Å². The highest BCUT2D eigenvalue weighted by molar-refractivity contribution is 5.80. The van der Waals surface area contributed by atoms with Crippen LogP contribution in [-0.2, 0) is 0 Å². The number of benzene rings is 4. The quantitative estimate of drug-likeness (QED) is 0.237. The van der Waals surface area contributed by atoms with E-state index in [1.54, 1.807) is 18.3 Å². The summed E-state index contributed by atoms with van der Waals surface area (Å²) in [6.07, 6.45) is 1.73. The van der Waals surface area contributed by atoms with Gasteiger partial charge < -0.3 is 0 Å². The van der Waals surface area contributed by atoms with Gasteiger partial charge in [-0.25, -0.2) is 9.07 Å². The molecule has 33 heavy (non-hydrogen) atoms. The summed E-state index contributed by atoms with van der Waals surface area (Å²) in [4.78, 5) is 0. The maximum Gasteiger partial charge on any atom is 0.123 e. The minimum Gasteiger partial charge on any atom is -0.279 e. The number of anilines is 1. The number of hydrogen-bond acceptors (Lipinski definition) is 3. The van der Waals surface area contributed by atoms with Gasteiger partial charge in [0.1, 0.15) is 5.82 Å². The Balaban J connectivity index is 1.43. The fraction of sp³-hybridized carbons (Fsp3) is 0. The second-order valence-corrected chi connectivity index (χ2v) is 7.53. The highest BCUT2D eigenvalue weighted by Crippen LogP contribution is 2.28. The topological polar surface area (TPSA) is 42.2 Å². The van der Waals surface area contributed by atoms with E-state index < -0.39 is 0 Å². The van der Waals surface area contributed by atoms with Crippen LogP contribution >= 0.6 is 0 Å². The Hall–Kier alpha value is -4.51. The van der Waals surface area contributed by atoms with E-state index in [0.717, 1.165) is 39.5 Å². The minimum absolute atomic E-state index is 0.274. The molecular weight excluding hydrogens is 411 g/mol. The van der Waals surface area contributed by atoms with Crippen molar-refractivity contribution in [1.82, 2.24) is 9.78 Å². The Morgan fingerprint density at radius 2 is 1.36 bits per heavy atom. The van der Waals surface area contributed by atoms with Crippen molar-refractivity contribution in [3.8, 4) is 28.2 Å². The predicted octanol–water partition coefficient (Wildman–Crippen LogP) is 6.79. The molecule has 4 aromatic carbocycles. The molecule has 0 spiro atoms. The molecule has 0 unspecified atom stereocenters. The molecule has 0 radical (unpaired) electrons. The van der Waals surface area contributed by atoms with E-state index in [0.29, 0.717) is 0 Å². The molecule has 0 fully saturated rings. The van der Waals surface area contributed by atoms with Crippen LogP contribution in [0.2, 0.25) is 0 Å². The predicted molar refractivity (Wildman–Crippen MR) is 132 cm³/mol. The number of halogens is 1. The van der Waals surface area contributed by atoms with Crippen LogP contribution in [0.15, 0.2) is 120 Å². The maximum atomic E-state index is 13.0. The summed E-state index contributed by atoms with van der Waals surface area (Å²) in [6.45, 7) is 0. The van der Waals surface area contributed by atoms with Gasteiger partial charge in [-0.3, -0.25) is 5.43 Å². The van der Waals surface area contributed by atoms with Gasteiger partial charge in [-0.2, -0.15) is 10.2 Å². The summed E-state index contributed by atoms with van der Waals surface area (Å²) in [5, 5.41) is 9.14. The van der Waals surface area contributed by atoms with Crippen molar-refractivity contribution in [1.29, 1.82) is 0 Å². The zero-order valence-corrected chi connectivity index (χ0v) is 17.8. The zero-order chi connectivity index (χ0) is 22.5. The van der Waals surface area contributed by atoms with E-state index in [4.69, 9.17) is 5.10 Å². The average Bonchev–Trinajstić information content (AvgIpc) is 3.32. The largest absolute Gasteiger partial charge is 0.279 e. The van der Waals surface area contributed by atoms with Crippen molar-refractivity contribution in [3.05, 3.63) is 127 Å². The smallest absolute Gasteiger partial charge is 0.123 e. The monoisotopic (exact) mass is 432 g/mol. The molecule has 0 aliphatic rings. The maximum absolute atomic E-state index is 13.0. The number of aromatic nitrogens is 2. The van der Waals surface area contributed by atoms with Crippen molar-refractivity contribution in [2.24, 2.45) is 5.10 Å². The van der Waals surface area contributed by atoms with Crippen LogP contribution in [0.25, 0.3) is 28.2 Å². The first-order valence-corrected chi connectivity index (χ1v) is 10.6. The minimum atomic E-state index is -0.274. The van der Waals surface area contributed by atoms with Crippen molar-refractivity contribution in [2.75, 3.05) is 5.43 Å². The van der Waals surface area contributed by atoms with E-state index in [1.165, 1.54) is 12.1 Å². The normalized spacial score (nSPS) is 11.1. The Labute approximate surface area is 191 Å². The molecule has 0 atom stereocenters. The van der Waals surface area contributed by atoms with Crippen molar-refractivity contribution < 1.29 is 4.39 Å². The van der Waals surface area contributed by atoms with Gasteiger partial charge in [-0.1, -0.05) is 72.8 Å². The molecule has 0 amide bonds. The lowest BCUT2D eigenvalue weighted by Crippen LogP contribution is -1.99. The van der Waals surface area contributed by atoms with Crippen LogP contribution in [0, 0.1) is 5.82 Å². The first-order valence-electron chi connectivity index (χ1n) is 10.6. The summed E-state index contributed by atoms with van der Waals surface area (Å²) in [5.74, 6) is -0.274. The Bertz CT molecular complexity index is 1360. The van der Waals surface area contributed by atoms with E-state index >= 15 is 0 Å². The summed E-state index contributed by atoms with van der Waals surface area (Å²) in [7, 11) is 0. The number of hydrogen-bond donors (Lipinski definition) is 1. The van der Waals surface area contributed by atoms with E-state index in [1.807, 2.05) is 65.3 Å². The third kappa shape index (κ3) is 4.72. The molecule has 0 bridgehead atoms. The second-order valence-electron chi connectivity index (χ2n) is 7.53. The lowest BCUT2D eigenvalue weighted by molar-refractivity contribution is 0.628. The van der Waals surface area contributed by atoms with Crippen LogP contribution < -0.4 is 5.43 Å². The molecule has 1 N–H and O–H groups in total. The van der Waals surface area contributed by atoms with Crippen molar-refractivity contribution >= 4 is 11.9 Å². The fourth-order valence-electron chi connectivity index (χ4n) is 3.55. The van der Waals surface area contributed by atoms with Gasteiger partial charge in [0.05, 0.1) is 29.0 Å². The standard InChI is InChI=1S/C28H21FN4/c29-24-13-15-25(16-14-24)31-30-20-21-11-17-26(18-12-21)33-28(23-9-5-2-6-10-23)19-27(32-33)22-7-3-1-4-8-22/h1-20,31H/b30-20+. The van der Waals surface area contributed by atoms with Gasteiger partial charge in [-0.15, -0.1) is 0 Å². The van der Waals surface area contributed by atoms with Crippen molar-refractivity contribution in [3.63, 3.8) is 0 Å². The van der Waals surface area contributed by atoms with Gasteiger partial charge in [0.25, 0.3) is 0 Å². The zero-order valence-electron chi connectivity index (χ0n) is 17.8. The van der Waals surface area contributed by atoms with E-state index in [-0.39, 0.29) is 5.82 Å². The van der Waals surface area contributed by atoms with Crippen LogP contribution in [0.4, 0.5) is 10.1 Å². The molecular formula is C28H21FN4. The van der Waals surface area contributed by atoms with Crippen molar-refractivity contribution in [2.45, 2.75) is 0 Å². The molecule has 4 nitrogen and oxygen atoms in total. The van der Waals surface area contributed by atoms with Gasteiger partial charge in [0.15, 0.2) is 0 Å². The molecule has 1 aromatic heterocycles. The molecule has 0 saturated carbocycles. The number of nitrogens with zero attached hydrogens (tertiary/aromatic N) is 3.